The first-order valence-corrected chi connectivity index (χ1v) is 9.67. The number of benzene rings is 3. The minimum atomic E-state index is -0.253. The maximum atomic E-state index is 13.7. The zero-order valence-corrected chi connectivity index (χ0v) is 15.8. The van der Waals surface area contributed by atoms with Crippen LogP contribution >= 0.6 is 0 Å². The summed E-state index contributed by atoms with van der Waals surface area (Å²) in [7, 11) is 0. The van der Waals surface area contributed by atoms with Crippen LogP contribution in [0.4, 0.5) is 10.2 Å². The summed E-state index contributed by atoms with van der Waals surface area (Å²) in [5, 5.41) is 8.19. The van der Waals surface area contributed by atoms with Gasteiger partial charge in [0.1, 0.15) is 24.0 Å². The third kappa shape index (κ3) is 3.47. The van der Waals surface area contributed by atoms with Crippen LogP contribution in [0.1, 0.15) is 11.1 Å². The van der Waals surface area contributed by atoms with Crippen molar-refractivity contribution in [1.82, 2.24) is 9.78 Å². The van der Waals surface area contributed by atoms with Crippen molar-refractivity contribution in [2.45, 2.75) is 13.0 Å². The first kappa shape index (κ1) is 17.5. The van der Waals surface area contributed by atoms with Gasteiger partial charge in [-0.25, -0.2) is 9.07 Å². The largest absolute Gasteiger partial charge is 0.489 e. The fraction of sp³-hybridized carbons (Fsp3) is 0.125. The highest BCUT2D eigenvalue weighted by atomic mass is 19.1. The summed E-state index contributed by atoms with van der Waals surface area (Å²) in [6, 6.07) is 24.6. The van der Waals surface area contributed by atoms with Gasteiger partial charge in [0, 0.05) is 17.7 Å². The number of ether oxygens (including phenoxy) is 1. The van der Waals surface area contributed by atoms with Crippen LogP contribution in [-0.4, -0.2) is 16.3 Å². The fourth-order valence-corrected chi connectivity index (χ4v) is 3.65. The second-order valence-corrected chi connectivity index (χ2v) is 7.04. The lowest BCUT2D eigenvalue weighted by Crippen LogP contribution is -2.04. The van der Waals surface area contributed by atoms with Crippen LogP contribution in [0, 0.1) is 5.82 Å². The Morgan fingerprint density at radius 1 is 0.966 bits per heavy atom. The van der Waals surface area contributed by atoms with Crippen LogP contribution in [0.5, 0.6) is 5.75 Å². The SMILES string of the molecule is Fc1cccc(-c2nn(-c3ccc(OCc4ccccc4)cc3)c3c2CCN3)c1. The van der Waals surface area contributed by atoms with Crippen LogP contribution in [0.3, 0.4) is 0 Å². The molecule has 0 unspecified atom stereocenters. The van der Waals surface area contributed by atoms with Gasteiger partial charge in [0.25, 0.3) is 0 Å². The second kappa shape index (κ2) is 7.43. The van der Waals surface area contributed by atoms with E-state index >= 15 is 0 Å². The van der Waals surface area contributed by atoms with Crippen molar-refractivity contribution in [1.29, 1.82) is 0 Å². The molecule has 1 N–H and O–H groups in total. The molecule has 0 atom stereocenters. The highest BCUT2D eigenvalue weighted by Gasteiger charge is 2.24. The predicted octanol–water partition coefficient (Wildman–Crippen LogP) is 5.23. The third-order valence-electron chi connectivity index (χ3n) is 5.08. The minimum Gasteiger partial charge on any atom is -0.489 e. The van der Waals surface area contributed by atoms with Crippen LogP contribution in [0.2, 0.25) is 0 Å². The van der Waals surface area contributed by atoms with Gasteiger partial charge < -0.3 is 10.1 Å². The molecule has 144 valence electrons. The van der Waals surface area contributed by atoms with Gasteiger partial charge in [-0.1, -0.05) is 42.5 Å². The number of aromatic nitrogens is 2. The van der Waals surface area contributed by atoms with Crippen molar-refractivity contribution >= 4 is 5.82 Å². The molecule has 0 amide bonds. The van der Waals surface area contributed by atoms with Crippen molar-refractivity contribution in [2.75, 3.05) is 11.9 Å². The molecule has 5 heteroatoms. The number of anilines is 1. The lowest BCUT2D eigenvalue weighted by atomic mass is 10.1. The molecule has 1 aliphatic rings. The summed E-state index contributed by atoms with van der Waals surface area (Å²) in [4.78, 5) is 0. The molecule has 5 rings (SSSR count). The van der Waals surface area contributed by atoms with Gasteiger partial charge in [0.05, 0.1) is 11.4 Å². The molecule has 29 heavy (non-hydrogen) atoms. The summed E-state index contributed by atoms with van der Waals surface area (Å²) in [6.45, 7) is 1.39. The highest BCUT2D eigenvalue weighted by Crippen LogP contribution is 2.35. The Morgan fingerprint density at radius 3 is 2.59 bits per heavy atom. The lowest BCUT2D eigenvalue weighted by Gasteiger charge is -2.09. The minimum absolute atomic E-state index is 0.253. The quantitative estimate of drug-likeness (QED) is 0.512. The van der Waals surface area contributed by atoms with E-state index in [0.717, 1.165) is 52.6 Å². The zero-order valence-electron chi connectivity index (χ0n) is 15.8. The maximum Gasteiger partial charge on any atom is 0.133 e. The van der Waals surface area contributed by atoms with Crippen molar-refractivity contribution in [3.05, 3.63) is 95.8 Å². The number of nitrogens with one attached hydrogen (secondary N) is 1. The number of hydrogen-bond donors (Lipinski definition) is 1. The third-order valence-corrected chi connectivity index (χ3v) is 5.08. The topological polar surface area (TPSA) is 39.1 Å². The molecule has 0 saturated carbocycles. The molecule has 0 saturated heterocycles. The summed E-state index contributed by atoms with van der Waals surface area (Å²) < 4.78 is 21.5. The van der Waals surface area contributed by atoms with Gasteiger partial charge in [-0.05, 0) is 48.4 Å². The van der Waals surface area contributed by atoms with Crippen molar-refractivity contribution in [3.63, 3.8) is 0 Å². The normalized spacial score (nSPS) is 12.4. The number of halogens is 1. The van der Waals surface area contributed by atoms with Gasteiger partial charge in [0.2, 0.25) is 0 Å². The lowest BCUT2D eigenvalue weighted by molar-refractivity contribution is 0.306. The van der Waals surface area contributed by atoms with Gasteiger partial charge in [-0.3, -0.25) is 0 Å². The van der Waals surface area contributed by atoms with Gasteiger partial charge >= 0.3 is 0 Å². The van der Waals surface area contributed by atoms with Crippen LogP contribution in [-0.2, 0) is 13.0 Å². The Balaban J connectivity index is 1.42. The molecule has 0 bridgehead atoms. The first-order valence-electron chi connectivity index (χ1n) is 9.67. The summed E-state index contributed by atoms with van der Waals surface area (Å²) in [5.41, 5.74) is 4.82. The standard InChI is InChI=1S/C24H20FN3O/c25-19-8-4-7-18(15-19)23-22-13-14-26-24(22)28(27-23)20-9-11-21(12-10-20)29-16-17-5-2-1-3-6-17/h1-12,15,26H,13-14,16H2. The molecule has 0 spiro atoms. The van der Waals surface area contributed by atoms with E-state index in [9.17, 15) is 4.39 Å². The first-order chi connectivity index (χ1) is 14.3. The van der Waals surface area contributed by atoms with Gasteiger partial charge in [-0.2, -0.15) is 5.10 Å². The highest BCUT2D eigenvalue weighted by molar-refractivity contribution is 5.72. The Labute approximate surface area is 168 Å². The number of rotatable bonds is 5. The number of nitrogens with zero attached hydrogens (tertiary/aromatic N) is 2. The average molecular weight is 385 g/mol. The molecule has 0 aliphatic carbocycles. The van der Waals surface area contributed by atoms with E-state index in [1.807, 2.05) is 65.3 Å². The monoisotopic (exact) mass is 385 g/mol. The van der Waals surface area contributed by atoms with Crippen LogP contribution in [0.15, 0.2) is 78.9 Å². The molecule has 2 heterocycles. The molecular weight excluding hydrogens is 365 g/mol. The van der Waals surface area contributed by atoms with Gasteiger partial charge in [-0.15, -0.1) is 0 Å². The molecule has 4 nitrogen and oxygen atoms in total. The maximum absolute atomic E-state index is 13.7. The molecule has 3 aromatic carbocycles. The predicted molar refractivity (Wildman–Crippen MR) is 112 cm³/mol. The zero-order chi connectivity index (χ0) is 19.6. The van der Waals surface area contributed by atoms with E-state index in [1.165, 1.54) is 12.1 Å². The van der Waals surface area contributed by atoms with Crippen molar-refractivity contribution in [2.24, 2.45) is 0 Å². The Hall–Kier alpha value is -3.60. The van der Waals surface area contributed by atoms with Crippen LogP contribution < -0.4 is 10.1 Å². The van der Waals surface area contributed by atoms with Gasteiger partial charge in [0.15, 0.2) is 0 Å². The Kier molecular flexibility index (Phi) is 4.48. The molecule has 1 aliphatic heterocycles. The molecule has 4 aromatic rings. The van der Waals surface area contributed by atoms with E-state index in [1.54, 1.807) is 6.07 Å². The molecule has 1 aromatic heterocycles. The van der Waals surface area contributed by atoms with Crippen LogP contribution in [0.25, 0.3) is 16.9 Å². The average Bonchev–Trinajstić information content (AvgIpc) is 3.36. The van der Waals surface area contributed by atoms with E-state index in [-0.39, 0.29) is 5.82 Å². The summed E-state index contributed by atoms with van der Waals surface area (Å²) in [5.74, 6) is 1.53. The van der Waals surface area contributed by atoms with E-state index in [2.05, 4.69) is 5.32 Å². The molecular formula is C24H20FN3O. The van der Waals surface area contributed by atoms with E-state index < -0.39 is 0 Å². The van der Waals surface area contributed by atoms with Crippen molar-refractivity contribution in [3.8, 4) is 22.7 Å². The molecule has 0 radical (unpaired) electrons. The fourth-order valence-electron chi connectivity index (χ4n) is 3.65. The number of fused-ring (bicyclic) bond motifs is 1. The summed E-state index contributed by atoms with van der Waals surface area (Å²) >= 11 is 0. The Morgan fingerprint density at radius 2 is 1.79 bits per heavy atom. The van der Waals surface area contributed by atoms with E-state index in [0.29, 0.717) is 6.61 Å². The molecule has 0 fully saturated rings. The smallest absolute Gasteiger partial charge is 0.133 e. The van der Waals surface area contributed by atoms with Crippen molar-refractivity contribution < 1.29 is 9.13 Å². The summed E-state index contributed by atoms with van der Waals surface area (Å²) in [6.07, 6.45) is 0.874. The number of hydrogen-bond acceptors (Lipinski definition) is 3. The second-order valence-electron chi connectivity index (χ2n) is 7.04. The Bertz CT molecular complexity index is 1140. The van der Waals surface area contributed by atoms with E-state index in [4.69, 9.17) is 9.84 Å².